The average molecular weight is 353 g/mol. The van der Waals surface area contributed by atoms with Crippen molar-refractivity contribution in [2.45, 2.75) is 39.5 Å². The van der Waals surface area contributed by atoms with E-state index >= 15 is 0 Å². The van der Waals surface area contributed by atoms with Crippen LogP contribution >= 0.6 is 11.3 Å². The summed E-state index contributed by atoms with van der Waals surface area (Å²) in [5.74, 6) is 1.96. The lowest BCUT2D eigenvalue weighted by atomic mass is 9.97. The molecule has 128 valence electrons. The number of thiophene rings is 1. The van der Waals surface area contributed by atoms with Gasteiger partial charge in [0, 0.05) is 17.5 Å². The Morgan fingerprint density at radius 2 is 1.92 bits per heavy atom. The summed E-state index contributed by atoms with van der Waals surface area (Å²) in [7, 11) is 0. The maximum Gasteiger partial charge on any atom is 0.231 e. The molecule has 1 aliphatic carbocycles. The highest BCUT2D eigenvalue weighted by atomic mass is 32.1. The molecule has 2 aromatic heterocycles. The molecule has 0 aliphatic heterocycles. The second-order valence-corrected chi connectivity index (χ2v) is 7.36. The number of aryl methyl sites for hydroxylation is 3. The number of fused-ring (bicyclic) bond motifs is 3. The van der Waals surface area contributed by atoms with E-state index in [0.717, 1.165) is 34.6 Å². The molecule has 4 rings (SSSR count). The zero-order valence-corrected chi connectivity index (χ0v) is 15.1. The molecule has 0 bridgehead atoms. The van der Waals surface area contributed by atoms with Gasteiger partial charge < -0.3 is 10.1 Å². The van der Waals surface area contributed by atoms with Crippen molar-refractivity contribution < 1.29 is 9.53 Å². The Balaban J connectivity index is 1.71. The second kappa shape index (κ2) is 6.44. The lowest BCUT2D eigenvalue weighted by Crippen LogP contribution is -2.05. The smallest absolute Gasteiger partial charge is 0.231 e. The lowest BCUT2D eigenvalue weighted by Gasteiger charge is -2.12. The normalized spacial score (nSPS) is 13.5. The monoisotopic (exact) mass is 353 g/mol. The van der Waals surface area contributed by atoms with Crippen molar-refractivity contribution in [3.63, 3.8) is 0 Å². The molecule has 1 N–H and O–H groups in total. The Morgan fingerprint density at radius 3 is 2.68 bits per heavy atom. The molecule has 0 saturated carbocycles. The van der Waals surface area contributed by atoms with Gasteiger partial charge in [-0.05, 0) is 62.4 Å². The Kier molecular flexibility index (Phi) is 4.13. The number of amides is 1. The third kappa shape index (κ3) is 3.22. The number of carbonyl (C=O) groups is 1. The molecule has 1 amide bonds. The zero-order chi connectivity index (χ0) is 17.4. The SMILES string of the molecule is CC(=O)Nc1ccc(Oc2nc(C)nc3sc4c(c23)CCCC4)cc1. The van der Waals surface area contributed by atoms with E-state index in [1.54, 1.807) is 11.3 Å². The van der Waals surface area contributed by atoms with Gasteiger partial charge in [-0.2, -0.15) is 4.98 Å². The minimum Gasteiger partial charge on any atom is -0.438 e. The summed E-state index contributed by atoms with van der Waals surface area (Å²) >= 11 is 1.77. The van der Waals surface area contributed by atoms with Crippen LogP contribution in [0.3, 0.4) is 0 Å². The van der Waals surface area contributed by atoms with E-state index in [0.29, 0.717) is 11.6 Å². The number of nitrogens with one attached hydrogen (secondary N) is 1. The Bertz CT molecular complexity index is 947. The van der Waals surface area contributed by atoms with Crippen molar-refractivity contribution >= 4 is 33.1 Å². The first kappa shape index (κ1) is 16.0. The van der Waals surface area contributed by atoms with Gasteiger partial charge in [-0.25, -0.2) is 4.98 Å². The molecular formula is C19H19N3O2S. The Hall–Kier alpha value is -2.47. The molecule has 0 spiro atoms. The highest BCUT2D eigenvalue weighted by Crippen LogP contribution is 2.40. The molecule has 1 aromatic carbocycles. The van der Waals surface area contributed by atoms with Crippen LogP contribution in [-0.2, 0) is 17.6 Å². The summed E-state index contributed by atoms with van der Waals surface area (Å²) in [6.07, 6.45) is 4.64. The van der Waals surface area contributed by atoms with E-state index in [9.17, 15) is 4.79 Å². The van der Waals surface area contributed by atoms with E-state index in [2.05, 4.69) is 15.3 Å². The molecule has 0 radical (unpaired) electrons. The summed E-state index contributed by atoms with van der Waals surface area (Å²) in [6, 6.07) is 7.33. The van der Waals surface area contributed by atoms with Crippen LogP contribution in [0.5, 0.6) is 11.6 Å². The van der Waals surface area contributed by atoms with Crippen LogP contribution in [-0.4, -0.2) is 15.9 Å². The van der Waals surface area contributed by atoms with E-state index in [1.165, 1.54) is 30.2 Å². The average Bonchev–Trinajstić information content (AvgIpc) is 2.94. The van der Waals surface area contributed by atoms with Crippen molar-refractivity contribution in [2.75, 3.05) is 5.32 Å². The fraction of sp³-hybridized carbons (Fsp3) is 0.316. The van der Waals surface area contributed by atoms with Crippen LogP contribution in [0, 0.1) is 6.92 Å². The van der Waals surface area contributed by atoms with Gasteiger partial charge in [0.2, 0.25) is 11.8 Å². The van der Waals surface area contributed by atoms with Gasteiger partial charge in [0.1, 0.15) is 16.4 Å². The van der Waals surface area contributed by atoms with Crippen LogP contribution < -0.4 is 10.1 Å². The molecule has 1 aliphatic rings. The number of benzene rings is 1. The van der Waals surface area contributed by atoms with Gasteiger partial charge in [0.25, 0.3) is 0 Å². The number of anilines is 1. The van der Waals surface area contributed by atoms with Gasteiger partial charge in [0.05, 0.1) is 5.39 Å². The molecule has 2 heterocycles. The van der Waals surface area contributed by atoms with Crippen LogP contribution in [0.25, 0.3) is 10.2 Å². The lowest BCUT2D eigenvalue weighted by molar-refractivity contribution is -0.114. The highest BCUT2D eigenvalue weighted by Gasteiger charge is 2.21. The molecule has 5 nitrogen and oxygen atoms in total. The molecule has 0 fully saturated rings. The van der Waals surface area contributed by atoms with Crippen molar-refractivity contribution in [3.8, 4) is 11.6 Å². The van der Waals surface area contributed by atoms with Crippen LogP contribution in [0.2, 0.25) is 0 Å². The molecule has 0 unspecified atom stereocenters. The summed E-state index contributed by atoms with van der Waals surface area (Å²) in [6.45, 7) is 3.38. The van der Waals surface area contributed by atoms with Gasteiger partial charge in [-0.3, -0.25) is 4.79 Å². The largest absolute Gasteiger partial charge is 0.438 e. The standard InChI is InChI=1S/C19H19N3O2S/c1-11-20-18(24-14-9-7-13(8-10-14)22-12(2)23)17-15-5-3-4-6-16(15)25-19(17)21-11/h7-10H,3-6H2,1-2H3,(H,22,23). The predicted octanol–water partition coefficient (Wildman–Crippen LogP) is 4.63. The molecule has 0 atom stereocenters. The first-order chi connectivity index (χ1) is 12.1. The molecule has 6 heteroatoms. The van der Waals surface area contributed by atoms with Crippen molar-refractivity contribution in [2.24, 2.45) is 0 Å². The second-order valence-electron chi connectivity index (χ2n) is 6.27. The zero-order valence-electron chi connectivity index (χ0n) is 14.3. The molecule has 25 heavy (non-hydrogen) atoms. The summed E-state index contributed by atoms with van der Waals surface area (Å²) in [4.78, 5) is 22.7. The number of ether oxygens (including phenoxy) is 1. The first-order valence-corrected chi connectivity index (χ1v) is 9.26. The minimum atomic E-state index is -0.0910. The van der Waals surface area contributed by atoms with E-state index < -0.39 is 0 Å². The predicted molar refractivity (Wildman–Crippen MR) is 99.6 cm³/mol. The van der Waals surface area contributed by atoms with E-state index in [1.807, 2.05) is 31.2 Å². The Morgan fingerprint density at radius 1 is 1.16 bits per heavy atom. The number of hydrogen-bond acceptors (Lipinski definition) is 5. The van der Waals surface area contributed by atoms with Crippen LogP contribution in [0.15, 0.2) is 24.3 Å². The number of aromatic nitrogens is 2. The summed E-state index contributed by atoms with van der Waals surface area (Å²) < 4.78 is 6.10. The van der Waals surface area contributed by atoms with Crippen molar-refractivity contribution in [1.82, 2.24) is 9.97 Å². The van der Waals surface area contributed by atoms with Gasteiger partial charge in [0.15, 0.2) is 0 Å². The van der Waals surface area contributed by atoms with Gasteiger partial charge in [-0.1, -0.05) is 0 Å². The molecule has 3 aromatic rings. The third-order valence-corrected chi connectivity index (χ3v) is 5.47. The number of hydrogen-bond donors (Lipinski definition) is 1. The van der Waals surface area contributed by atoms with Gasteiger partial charge >= 0.3 is 0 Å². The third-order valence-electron chi connectivity index (χ3n) is 4.28. The first-order valence-electron chi connectivity index (χ1n) is 8.44. The maximum atomic E-state index is 11.1. The quantitative estimate of drug-likeness (QED) is 0.746. The van der Waals surface area contributed by atoms with Crippen LogP contribution in [0.1, 0.15) is 36.0 Å². The number of nitrogens with zero attached hydrogens (tertiary/aromatic N) is 2. The van der Waals surface area contributed by atoms with Crippen LogP contribution in [0.4, 0.5) is 5.69 Å². The minimum absolute atomic E-state index is 0.0910. The molecule has 0 saturated heterocycles. The van der Waals surface area contributed by atoms with Crippen molar-refractivity contribution in [1.29, 1.82) is 0 Å². The number of carbonyl (C=O) groups excluding carboxylic acids is 1. The van der Waals surface area contributed by atoms with Gasteiger partial charge in [-0.15, -0.1) is 11.3 Å². The number of rotatable bonds is 3. The summed E-state index contributed by atoms with van der Waals surface area (Å²) in [5.41, 5.74) is 2.10. The topological polar surface area (TPSA) is 64.1 Å². The fourth-order valence-corrected chi connectivity index (χ4v) is 4.52. The van der Waals surface area contributed by atoms with E-state index in [4.69, 9.17) is 4.74 Å². The molecular weight excluding hydrogens is 334 g/mol. The van der Waals surface area contributed by atoms with Crippen molar-refractivity contribution in [3.05, 3.63) is 40.5 Å². The van der Waals surface area contributed by atoms with E-state index in [-0.39, 0.29) is 5.91 Å². The highest BCUT2D eigenvalue weighted by molar-refractivity contribution is 7.18. The summed E-state index contributed by atoms with van der Waals surface area (Å²) in [5, 5.41) is 3.82. The Labute approximate surface area is 150 Å². The fourth-order valence-electron chi connectivity index (χ4n) is 3.22. The maximum absolute atomic E-state index is 11.1.